The summed E-state index contributed by atoms with van der Waals surface area (Å²) in [6.07, 6.45) is 2.66. The SMILES string of the molecule is CN(C)[C@@H]1C(O)=C(C(N)=O)C(=O)C2C(O)=C3C(=O)c4c(O)ccc(CNCc5cccn5C)c4C[C@H]3C[C@H]21. The fourth-order valence-electron chi connectivity index (χ4n) is 6.50. The molecule has 0 saturated carbocycles. The summed E-state index contributed by atoms with van der Waals surface area (Å²) in [4.78, 5) is 40.8. The van der Waals surface area contributed by atoms with Crippen molar-refractivity contribution in [1.29, 1.82) is 0 Å². The number of aliphatic hydroxyl groups is 2. The van der Waals surface area contributed by atoms with Gasteiger partial charge in [-0.25, -0.2) is 0 Å². The first kappa shape index (κ1) is 25.7. The number of allylic oxidation sites excluding steroid dienone is 2. The van der Waals surface area contributed by atoms with E-state index in [1.807, 2.05) is 29.9 Å². The zero-order valence-corrected chi connectivity index (χ0v) is 21.6. The van der Waals surface area contributed by atoms with Gasteiger partial charge in [0.05, 0.1) is 17.5 Å². The number of fused-ring (bicyclic) bond motifs is 3. The molecule has 1 heterocycles. The van der Waals surface area contributed by atoms with E-state index in [2.05, 4.69) is 5.32 Å². The zero-order chi connectivity index (χ0) is 27.5. The lowest BCUT2D eigenvalue weighted by atomic mass is 9.60. The summed E-state index contributed by atoms with van der Waals surface area (Å²) >= 11 is 0. The summed E-state index contributed by atoms with van der Waals surface area (Å²) in [5.74, 6) is -5.58. The first-order chi connectivity index (χ1) is 18.0. The minimum absolute atomic E-state index is 0.0824. The van der Waals surface area contributed by atoms with Crippen LogP contribution in [0.5, 0.6) is 5.75 Å². The van der Waals surface area contributed by atoms with Crippen LogP contribution in [-0.2, 0) is 36.1 Å². The lowest BCUT2D eigenvalue weighted by molar-refractivity contribution is -0.127. The van der Waals surface area contributed by atoms with Crippen LogP contribution < -0.4 is 11.1 Å². The van der Waals surface area contributed by atoms with Crippen molar-refractivity contribution in [3.8, 4) is 5.75 Å². The number of nitrogens with zero attached hydrogens (tertiary/aromatic N) is 2. The molecule has 1 aromatic heterocycles. The number of ketones is 2. The van der Waals surface area contributed by atoms with Crippen LogP contribution in [0.15, 0.2) is 53.1 Å². The highest BCUT2D eigenvalue weighted by Gasteiger charge is 2.54. The molecule has 10 heteroatoms. The van der Waals surface area contributed by atoms with Crippen LogP contribution in [0.2, 0.25) is 0 Å². The Balaban J connectivity index is 1.53. The molecule has 3 aliphatic carbocycles. The number of nitrogens with one attached hydrogen (secondary N) is 1. The highest BCUT2D eigenvalue weighted by atomic mass is 16.3. The Morgan fingerprint density at radius 2 is 1.87 bits per heavy atom. The Bertz CT molecular complexity index is 1420. The molecule has 3 aliphatic rings. The number of phenolic OH excluding ortho intramolecular Hbond substituents is 1. The van der Waals surface area contributed by atoms with Crippen molar-refractivity contribution in [2.45, 2.75) is 32.0 Å². The summed E-state index contributed by atoms with van der Waals surface area (Å²) in [7, 11) is 5.38. The van der Waals surface area contributed by atoms with Crippen LogP contribution in [0.4, 0.5) is 0 Å². The molecule has 1 amide bonds. The van der Waals surface area contributed by atoms with Crippen LogP contribution in [0.25, 0.3) is 0 Å². The van der Waals surface area contributed by atoms with Crippen LogP contribution in [-0.4, -0.2) is 62.4 Å². The minimum atomic E-state index is -1.19. The molecule has 0 radical (unpaired) electrons. The number of aliphatic hydroxyl groups excluding tert-OH is 2. The van der Waals surface area contributed by atoms with E-state index in [1.54, 1.807) is 25.1 Å². The van der Waals surface area contributed by atoms with E-state index in [1.165, 1.54) is 6.07 Å². The van der Waals surface area contributed by atoms with Crippen molar-refractivity contribution >= 4 is 17.5 Å². The first-order valence-electron chi connectivity index (χ1n) is 12.6. The van der Waals surface area contributed by atoms with E-state index < -0.39 is 58.4 Å². The Morgan fingerprint density at radius 3 is 2.50 bits per heavy atom. The van der Waals surface area contributed by atoms with Crippen LogP contribution >= 0.6 is 0 Å². The number of likely N-dealkylation sites (N-methyl/N-ethyl adjacent to an activating group) is 1. The molecular weight excluding hydrogens is 488 g/mol. The topological polar surface area (TPSA) is 158 Å². The predicted molar refractivity (Wildman–Crippen MR) is 138 cm³/mol. The Labute approximate surface area is 220 Å². The molecule has 5 rings (SSSR count). The molecule has 2 aromatic rings. The lowest BCUT2D eigenvalue weighted by Crippen LogP contribution is -2.53. The number of benzene rings is 1. The van der Waals surface area contributed by atoms with Gasteiger partial charge in [0.15, 0.2) is 11.6 Å². The number of aromatic nitrogens is 1. The van der Waals surface area contributed by atoms with Crippen LogP contribution in [0.1, 0.15) is 33.6 Å². The summed E-state index contributed by atoms with van der Waals surface area (Å²) in [6.45, 7) is 1.09. The quantitative estimate of drug-likeness (QED) is 0.360. The van der Waals surface area contributed by atoms with Crippen LogP contribution in [0.3, 0.4) is 0 Å². The third-order valence-electron chi connectivity index (χ3n) is 8.22. The summed E-state index contributed by atoms with van der Waals surface area (Å²) in [6, 6.07) is 6.50. The first-order valence-corrected chi connectivity index (χ1v) is 12.6. The molecule has 10 nitrogen and oxygen atoms in total. The Morgan fingerprint density at radius 1 is 1.13 bits per heavy atom. The fourth-order valence-corrected chi connectivity index (χ4v) is 6.50. The molecule has 6 N–H and O–H groups in total. The second-order valence-electron chi connectivity index (χ2n) is 10.6. The molecule has 38 heavy (non-hydrogen) atoms. The average Bonchev–Trinajstić information content (AvgIpc) is 3.24. The van der Waals surface area contributed by atoms with Crippen molar-refractivity contribution in [1.82, 2.24) is 14.8 Å². The number of primary amides is 1. The molecule has 1 unspecified atom stereocenters. The van der Waals surface area contributed by atoms with E-state index in [-0.39, 0.29) is 16.9 Å². The number of aryl methyl sites for hydroxylation is 1. The fraction of sp³-hybridized carbons (Fsp3) is 0.393. The monoisotopic (exact) mass is 520 g/mol. The van der Waals surface area contributed by atoms with Gasteiger partial charge in [0, 0.05) is 37.6 Å². The molecule has 0 bridgehead atoms. The molecule has 4 atom stereocenters. The number of Topliss-reactive ketones (excluding diaryl/α,β-unsaturated/α-hetero) is 2. The normalized spacial score (nSPS) is 24.9. The van der Waals surface area contributed by atoms with Gasteiger partial charge in [-0.15, -0.1) is 0 Å². The van der Waals surface area contributed by atoms with Crippen molar-refractivity contribution < 1.29 is 29.7 Å². The van der Waals surface area contributed by atoms with Crippen molar-refractivity contribution in [3.05, 3.63) is 75.5 Å². The number of amides is 1. The molecule has 0 saturated heterocycles. The second-order valence-corrected chi connectivity index (χ2v) is 10.6. The second kappa shape index (κ2) is 9.45. The Hall–Kier alpha value is -3.89. The van der Waals surface area contributed by atoms with Gasteiger partial charge in [0.25, 0.3) is 5.91 Å². The van der Waals surface area contributed by atoms with Crippen molar-refractivity contribution in [2.75, 3.05) is 14.1 Å². The summed E-state index contributed by atoms with van der Waals surface area (Å²) < 4.78 is 2.02. The maximum Gasteiger partial charge on any atom is 0.255 e. The number of aromatic hydroxyl groups is 1. The number of rotatable bonds is 6. The number of hydrogen-bond acceptors (Lipinski definition) is 8. The van der Waals surface area contributed by atoms with E-state index in [9.17, 15) is 29.7 Å². The average molecular weight is 521 g/mol. The van der Waals surface area contributed by atoms with Gasteiger partial charge in [-0.1, -0.05) is 6.07 Å². The van der Waals surface area contributed by atoms with Gasteiger partial charge < -0.3 is 30.9 Å². The minimum Gasteiger partial charge on any atom is -0.511 e. The molecule has 200 valence electrons. The highest BCUT2D eigenvalue weighted by Crippen LogP contribution is 2.50. The number of nitrogens with two attached hydrogens (primary N) is 1. The zero-order valence-electron chi connectivity index (χ0n) is 21.6. The van der Waals surface area contributed by atoms with E-state index in [0.717, 1.165) is 11.3 Å². The van der Waals surface area contributed by atoms with Gasteiger partial charge >= 0.3 is 0 Å². The maximum atomic E-state index is 13.7. The molecular formula is C28H32N4O6. The standard InChI is InChI=1S/C28H32N4O6/c1-31(2)23-17-10-14-9-16-13(11-30-12-15-5-4-8-32(15)3)6-7-18(33)20(16)24(34)19(14)25(35)21(17)26(36)22(27(23)37)28(29)38/h4-8,14,17,21,23,30,33,35,37H,9-12H2,1-3H3,(H2,29,38)/t14-,17+,21?,23-/m0/s1. The van der Waals surface area contributed by atoms with Crippen molar-refractivity contribution in [3.63, 3.8) is 0 Å². The molecule has 0 aliphatic heterocycles. The smallest absolute Gasteiger partial charge is 0.255 e. The largest absolute Gasteiger partial charge is 0.511 e. The lowest BCUT2D eigenvalue weighted by Gasteiger charge is -2.46. The predicted octanol–water partition coefficient (Wildman–Crippen LogP) is 1.63. The van der Waals surface area contributed by atoms with Gasteiger partial charge in [-0.2, -0.15) is 0 Å². The number of hydrogen-bond donors (Lipinski definition) is 5. The third kappa shape index (κ3) is 3.91. The van der Waals surface area contributed by atoms with Gasteiger partial charge in [-0.3, -0.25) is 19.3 Å². The summed E-state index contributed by atoms with van der Waals surface area (Å²) in [5.41, 5.74) is 7.74. The van der Waals surface area contributed by atoms with Gasteiger partial charge in [-0.05, 0) is 68.1 Å². The highest BCUT2D eigenvalue weighted by molar-refractivity contribution is 6.22. The van der Waals surface area contributed by atoms with Crippen molar-refractivity contribution in [2.24, 2.45) is 30.5 Å². The van der Waals surface area contributed by atoms with E-state index >= 15 is 0 Å². The molecule has 0 fully saturated rings. The molecule has 0 spiro atoms. The maximum absolute atomic E-state index is 13.7. The number of carbonyl (C=O) groups is 3. The third-order valence-corrected chi connectivity index (χ3v) is 8.22. The van der Waals surface area contributed by atoms with E-state index in [4.69, 9.17) is 5.73 Å². The number of phenols is 1. The van der Waals surface area contributed by atoms with E-state index in [0.29, 0.717) is 31.5 Å². The van der Waals surface area contributed by atoms with Gasteiger partial charge in [0.2, 0.25) is 0 Å². The van der Waals surface area contributed by atoms with Gasteiger partial charge in [0.1, 0.15) is 22.8 Å². The number of carbonyl (C=O) groups excluding carboxylic acids is 3. The Kier molecular flexibility index (Phi) is 6.40. The molecule has 1 aromatic carbocycles. The van der Waals surface area contributed by atoms with Crippen LogP contribution in [0, 0.1) is 17.8 Å². The summed E-state index contributed by atoms with van der Waals surface area (Å²) in [5, 5.41) is 36.3.